The van der Waals surface area contributed by atoms with Crippen molar-refractivity contribution in [2.75, 3.05) is 0 Å². The van der Waals surface area contributed by atoms with Gasteiger partial charge >= 0.3 is 11.9 Å². The summed E-state index contributed by atoms with van der Waals surface area (Å²) in [6.45, 7) is 4.53. The zero-order chi connectivity index (χ0) is 29.4. The molecule has 0 radical (unpaired) electrons. The van der Waals surface area contributed by atoms with Crippen molar-refractivity contribution >= 4 is 11.9 Å². The Balaban J connectivity index is 4.05. The van der Waals surface area contributed by atoms with Gasteiger partial charge < -0.3 is 9.84 Å². The predicted molar refractivity (Wildman–Crippen MR) is 172 cm³/mol. The van der Waals surface area contributed by atoms with Gasteiger partial charge in [0.25, 0.3) is 0 Å². The highest BCUT2D eigenvalue weighted by molar-refractivity contribution is 5.69. The molecule has 0 aromatic rings. The van der Waals surface area contributed by atoms with Crippen LogP contribution >= 0.6 is 0 Å². The fraction of sp³-hybridized carbons (Fsp3) is 0.889. The second-order valence-corrected chi connectivity index (χ2v) is 12.1. The summed E-state index contributed by atoms with van der Waals surface area (Å²) in [6.07, 6.45) is 38.1. The molecule has 0 aliphatic carbocycles. The first-order chi connectivity index (χ1) is 19.6. The first-order valence-corrected chi connectivity index (χ1v) is 17.7. The van der Waals surface area contributed by atoms with Crippen LogP contribution in [0.15, 0.2) is 12.2 Å². The van der Waals surface area contributed by atoms with E-state index in [1.165, 1.54) is 109 Å². The second kappa shape index (κ2) is 32.2. The number of hydrogen-bond acceptors (Lipinski definition) is 3. The van der Waals surface area contributed by atoms with Gasteiger partial charge in [0, 0.05) is 12.8 Å². The van der Waals surface area contributed by atoms with Gasteiger partial charge in [0.2, 0.25) is 0 Å². The number of ether oxygens (including phenoxy) is 1. The lowest BCUT2D eigenvalue weighted by Gasteiger charge is -2.15. The predicted octanol–water partition coefficient (Wildman–Crippen LogP) is 11.9. The van der Waals surface area contributed by atoms with Gasteiger partial charge in [-0.15, -0.1) is 0 Å². The zero-order valence-corrected chi connectivity index (χ0v) is 26.9. The Bertz CT molecular complexity index is 571. The Morgan fingerprint density at radius 3 is 1.43 bits per heavy atom. The minimum absolute atomic E-state index is 0.0361. The maximum absolute atomic E-state index is 12.5. The van der Waals surface area contributed by atoms with Gasteiger partial charge in [-0.05, 0) is 44.6 Å². The van der Waals surface area contributed by atoms with Crippen molar-refractivity contribution in [1.29, 1.82) is 0 Å². The van der Waals surface area contributed by atoms with Gasteiger partial charge in [0.15, 0.2) is 0 Å². The summed E-state index contributed by atoms with van der Waals surface area (Å²) in [7, 11) is 0. The quantitative estimate of drug-likeness (QED) is 0.0501. The lowest BCUT2D eigenvalue weighted by Crippen LogP contribution is -2.16. The molecule has 1 N–H and O–H groups in total. The van der Waals surface area contributed by atoms with Crippen molar-refractivity contribution in [1.82, 2.24) is 0 Å². The number of unbranched alkanes of at least 4 members (excludes halogenated alkanes) is 23. The first-order valence-electron chi connectivity index (χ1n) is 17.7. The Labute approximate surface area is 249 Å². The average molecular weight is 565 g/mol. The second-order valence-electron chi connectivity index (χ2n) is 12.1. The fourth-order valence-electron chi connectivity index (χ4n) is 5.33. The molecule has 4 nitrogen and oxygen atoms in total. The standard InChI is InChI=1S/C36H68O4/c1-3-5-7-9-11-13-14-15-16-17-19-25-29-33-36(39)40-34(30-26-22-18-12-10-8-6-4-2)31-27-23-20-21-24-28-32-35(37)38/h26,30,34H,3-25,27-29,31-33H2,1-2H3,(H,37,38)/b30-26-. The molecule has 0 saturated heterocycles. The molecule has 0 aromatic heterocycles. The topological polar surface area (TPSA) is 63.6 Å². The highest BCUT2D eigenvalue weighted by Gasteiger charge is 2.11. The third kappa shape index (κ3) is 31.2. The number of rotatable bonds is 32. The van der Waals surface area contributed by atoms with Gasteiger partial charge in [-0.3, -0.25) is 9.59 Å². The SMILES string of the molecule is CCCCCCCC/C=C\C(CCCCCCCCC(=O)O)OC(=O)CCCCCCCCCCCCCCC. The molecule has 0 saturated carbocycles. The van der Waals surface area contributed by atoms with Crippen LogP contribution in [0, 0.1) is 0 Å². The van der Waals surface area contributed by atoms with Gasteiger partial charge in [-0.25, -0.2) is 0 Å². The maximum Gasteiger partial charge on any atom is 0.306 e. The Morgan fingerprint density at radius 2 is 0.950 bits per heavy atom. The monoisotopic (exact) mass is 565 g/mol. The summed E-state index contributed by atoms with van der Waals surface area (Å²) in [4.78, 5) is 23.2. The van der Waals surface area contributed by atoms with Crippen LogP contribution in [0.5, 0.6) is 0 Å². The van der Waals surface area contributed by atoms with Gasteiger partial charge in [0.1, 0.15) is 6.10 Å². The molecule has 0 amide bonds. The van der Waals surface area contributed by atoms with Crippen LogP contribution in [0.3, 0.4) is 0 Å². The normalized spacial score (nSPS) is 12.2. The molecule has 0 fully saturated rings. The summed E-state index contributed by atoms with van der Waals surface area (Å²) in [5.41, 5.74) is 0. The molecule has 0 heterocycles. The van der Waals surface area contributed by atoms with Gasteiger partial charge in [0.05, 0.1) is 0 Å². The molecule has 0 aromatic carbocycles. The third-order valence-electron chi connectivity index (χ3n) is 7.97. The number of carboxylic acids is 1. The fourth-order valence-corrected chi connectivity index (χ4v) is 5.33. The number of carboxylic acid groups (broad SMARTS) is 1. The number of hydrogen-bond donors (Lipinski definition) is 1. The van der Waals surface area contributed by atoms with Gasteiger partial charge in [-0.1, -0.05) is 155 Å². The molecule has 0 aliphatic heterocycles. The number of aliphatic carboxylic acids is 1. The summed E-state index contributed by atoms with van der Waals surface area (Å²) < 4.78 is 5.90. The van der Waals surface area contributed by atoms with Crippen LogP contribution in [0.1, 0.15) is 200 Å². The molecular weight excluding hydrogens is 496 g/mol. The van der Waals surface area contributed by atoms with Crippen molar-refractivity contribution in [3.8, 4) is 0 Å². The van der Waals surface area contributed by atoms with Crippen molar-refractivity contribution in [3.63, 3.8) is 0 Å². The smallest absolute Gasteiger partial charge is 0.306 e. The highest BCUT2D eigenvalue weighted by atomic mass is 16.5. The van der Waals surface area contributed by atoms with E-state index in [0.717, 1.165) is 64.2 Å². The Hall–Kier alpha value is -1.32. The molecule has 0 bridgehead atoms. The average Bonchev–Trinajstić information content (AvgIpc) is 2.93. The van der Waals surface area contributed by atoms with Crippen LogP contribution in [-0.2, 0) is 14.3 Å². The van der Waals surface area contributed by atoms with Crippen molar-refractivity contribution in [2.24, 2.45) is 0 Å². The number of esters is 1. The zero-order valence-electron chi connectivity index (χ0n) is 26.9. The van der Waals surface area contributed by atoms with Crippen LogP contribution in [-0.4, -0.2) is 23.1 Å². The first kappa shape index (κ1) is 38.7. The van der Waals surface area contributed by atoms with Gasteiger partial charge in [-0.2, -0.15) is 0 Å². The molecule has 1 unspecified atom stereocenters. The lowest BCUT2D eigenvalue weighted by atomic mass is 10.0. The van der Waals surface area contributed by atoms with E-state index < -0.39 is 5.97 Å². The van der Waals surface area contributed by atoms with E-state index in [1.807, 2.05) is 0 Å². The van der Waals surface area contributed by atoms with E-state index in [1.54, 1.807) is 0 Å². The van der Waals surface area contributed by atoms with Crippen LogP contribution < -0.4 is 0 Å². The Kier molecular flexibility index (Phi) is 31.1. The largest absolute Gasteiger partial charge is 0.481 e. The van der Waals surface area contributed by atoms with Crippen molar-refractivity contribution in [3.05, 3.63) is 12.2 Å². The van der Waals surface area contributed by atoms with E-state index in [4.69, 9.17) is 9.84 Å². The third-order valence-corrected chi connectivity index (χ3v) is 7.97. The maximum atomic E-state index is 12.5. The van der Waals surface area contributed by atoms with E-state index in [9.17, 15) is 9.59 Å². The number of carbonyl (C=O) groups is 2. The molecule has 40 heavy (non-hydrogen) atoms. The number of allylic oxidation sites excluding steroid dienone is 1. The highest BCUT2D eigenvalue weighted by Crippen LogP contribution is 2.16. The van der Waals surface area contributed by atoms with Crippen LogP contribution in [0.25, 0.3) is 0 Å². The van der Waals surface area contributed by atoms with E-state index in [2.05, 4.69) is 26.0 Å². The molecule has 0 rings (SSSR count). The summed E-state index contributed by atoms with van der Waals surface area (Å²) in [5.74, 6) is -0.734. The van der Waals surface area contributed by atoms with Crippen molar-refractivity contribution in [2.45, 2.75) is 206 Å². The summed E-state index contributed by atoms with van der Waals surface area (Å²) in [5, 5.41) is 8.75. The van der Waals surface area contributed by atoms with E-state index in [0.29, 0.717) is 6.42 Å². The summed E-state index contributed by atoms with van der Waals surface area (Å²) >= 11 is 0. The minimum Gasteiger partial charge on any atom is -0.481 e. The van der Waals surface area contributed by atoms with Crippen LogP contribution in [0.4, 0.5) is 0 Å². The van der Waals surface area contributed by atoms with Crippen molar-refractivity contribution < 1.29 is 19.4 Å². The van der Waals surface area contributed by atoms with Crippen LogP contribution in [0.2, 0.25) is 0 Å². The molecule has 1 atom stereocenters. The lowest BCUT2D eigenvalue weighted by molar-refractivity contribution is -0.147. The molecule has 4 heteroatoms. The molecule has 0 spiro atoms. The van der Waals surface area contributed by atoms with E-state index >= 15 is 0 Å². The number of carbonyl (C=O) groups excluding carboxylic acids is 1. The molecular formula is C36H68O4. The Morgan fingerprint density at radius 1 is 0.550 bits per heavy atom. The summed E-state index contributed by atoms with van der Waals surface area (Å²) in [6, 6.07) is 0. The molecule has 0 aliphatic rings. The van der Waals surface area contributed by atoms with E-state index in [-0.39, 0.29) is 18.5 Å². The minimum atomic E-state index is -0.698. The molecule has 236 valence electrons.